The molecule has 0 aliphatic heterocycles. The Morgan fingerprint density at radius 1 is 1.38 bits per heavy atom. The molecule has 0 aliphatic rings. The number of H-pyrrole nitrogens is 1. The normalized spacial score (nSPS) is 10.8. The number of thiophene rings is 1. The molecule has 0 aliphatic carbocycles. The van der Waals surface area contributed by atoms with Crippen LogP contribution in [0.5, 0.6) is 0 Å². The molecule has 3 aromatic heterocycles. The zero-order valence-electron chi connectivity index (χ0n) is 11.6. The lowest BCUT2D eigenvalue weighted by Crippen LogP contribution is -2.15. The van der Waals surface area contributed by atoms with Crippen LogP contribution < -0.4 is 5.32 Å². The molecular formula is C14H14N4OS2. The number of aromatic amines is 1. The van der Waals surface area contributed by atoms with Gasteiger partial charge in [-0.15, -0.1) is 11.3 Å². The molecule has 0 radical (unpaired) electrons. The van der Waals surface area contributed by atoms with Gasteiger partial charge in [0.2, 0.25) is 5.91 Å². The second-order valence-electron chi connectivity index (χ2n) is 4.70. The van der Waals surface area contributed by atoms with E-state index in [2.05, 4.69) is 25.9 Å². The summed E-state index contributed by atoms with van der Waals surface area (Å²) in [5, 5.41) is 16.7. The molecule has 0 saturated heterocycles. The van der Waals surface area contributed by atoms with Crippen LogP contribution in [0.4, 0.5) is 5.82 Å². The maximum Gasteiger partial charge on any atom is 0.231 e. The van der Waals surface area contributed by atoms with Gasteiger partial charge in [0, 0.05) is 27.6 Å². The van der Waals surface area contributed by atoms with Gasteiger partial charge in [0.05, 0.1) is 12.1 Å². The smallest absolute Gasteiger partial charge is 0.231 e. The van der Waals surface area contributed by atoms with Crippen molar-refractivity contribution in [1.82, 2.24) is 15.2 Å². The van der Waals surface area contributed by atoms with Gasteiger partial charge in [0.15, 0.2) is 5.82 Å². The molecule has 0 bridgehead atoms. The van der Waals surface area contributed by atoms with Gasteiger partial charge in [-0.3, -0.25) is 9.89 Å². The molecule has 3 rings (SSSR count). The molecule has 3 aromatic rings. The summed E-state index contributed by atoms with van der Waals surface area (Å²) in [5.74, 6) is 0.484. The monoisotopic (exact) mass is 318 g/mol. The van der Waals surface area contributed by atoms with E-state index in [0.29, 0.717) is 5.82 Å². The number of carbonyl (C=O) groups excluding carboxylic acids is 1. The topological polar surface area (TPSA) is 70.7 Å². The summed E-state index contributed by atoms with van der Waals surface area (Å²) >= 11 is 3.20. The minimum atomic E-state index is -0.105. The second kappa shape index (κ2) is 5.79. The third kappa shape index (κ3) is 3.03. The molecule has 1 amide bonds. The van der Waals surface area contributed by atoms with Crippen LogP contribution in [0, 0.1) is 13.8 Å². The van der Waals surface area contributed by atoms with Crippen molar-refractivity contribution in [3.8, 4) is 10.6 Å². The van der Waals surface area contributed by atoms with Crippen molar-refractivity contribution in [3.63, 3.8) is 0 Å². The summed E-state index contributed by atoms with van der Waals surface area (Å²) in [6, 6.07) is 2.03. The SMILES string of the molecule is Cc1[nH]nc(NC(=O)Cc2csc(-c3ccsc3)n2)c1C. The average molecular weight is 318 g/mol. The Hall–Kier alpha value is -1.99. The summed E-state index contributed by atoms with van der Waals surface area (Å²) in [4.78, 5) is 16.5. The van der Waals surface area contributed by atoms with Crippen LogP contribution in [0.3, 0.4) is 0 Å². The van der Waals surface area contributed by atoms with Crippen LogP contribution in [0.15, 0.2) is 22.2 Å². The Morgan fingerprint density at radius 3 is 2.90 bits per heavy atom. The van der Waals surface area contributed by atoms with E-state index in [-0.39, 0.29) is 12.3 Å². The number of nitrogens with one attached hydrogen (secondary N) is 2. The number of anilines is 1. The Bertz CT molecular complexity index is 758. The zero-order valence-corrected chi connectivity index (χ0v) is 13.3. The predicted octanol–water partition coefficient (Wildman–Crippen LogP) is 3.39. The number of thiazole rings is 1. The highest BCUT2D eigenvalue weighted by molar-refractivity contribution is 7.14. The lowest BCUT2D eigenvalue weighted by molar-refractivity contribution is -0.115. The van der Waals surface area contributed by atoms with Gasteiger partial charge in [-0.05, 0) is 25.3 Å². The Morgan fingerprint density at radius 2 is 2.24 bits per heavy atom. The quantitative estimate of drug-likeness (QED) is 0.774. The van der Waals surface area contributed by atoms with Crippen LogP contribution in [0.2, 0.25) is 0 Å². The molecule has 3 heterocycles. The maximum atomic E-state index is 12.0. The Kier molecular flexibility index (Phi) is 3.85. The van der Waals surface area contributed by atoms with Gasteiger partial charge in [-0.1, -0.05) is 0 Å². The maximum absolute atomic E-state index is 12.0. The van der Waals surface area contributed by atoms with Gasteiger partial charge in [-0.2, -0.15) is 16.4 Å². The lowest BCUT2D eigenvalue weighted by atomic mass is 10.2. The molecule has 0 saturated carbocycles. The minimum Gasteiger partial charge on any atom is -0.309 e. The number of rotatable bonds is 4. The van der Waals surface area contributed by atoms with Crippen molar-refractivity contribution >= 4 is 34.4 Å². The van der Waals surface area contributed by atoms with Crippen molar-refractivity contribution in [2.24, 2.45) is 0 Å². The molecule has 7 heteroatoms. The first-order valence-electron chi connectivity index (χ1n) is 6.42. The second-order valence-corrected chi connectivity index (χ2v) is 6.34. The molecule has 0 fully saturated rings. The predicted molar refractivity (Wildman–Crippen MR) is 85.8 cm³/mol. The third-order valence-electron chi connectivity index (χ3n) is 3.17. The number of aryl methyl sites for hydroxylation is 1. The van der Waals surface area contributed by atoms with Crippen molar-refractivity contribution in [2.75, 3.05) is 5.32 Å². The number of hydrogen-bond acceptors (Lipinski definition) is 5. The highest BCUT2D eigenvalue weighted by Crippen LogP contribution is 2.26. The van der Waals surface area contributed by atoms with E-state index >= 15 is 0 Å². The summed E-state index contributed by atoms with van der Waals surface area (Å²) in [6.07, 6.45) is 0.256. The van der Waals surface area contributed by atoms with Crippen LogP contribution in [-0.4, -0.2) is 21.1 Å². The fourth-order valence-electron chi connectivity index (χ4n) is 1.85. The standard InChI is InChI=1S/C14H14N4OS2/c1-8-9(2)17-18-13(8)16-12(19)5-11-7-21-14(15-11)10-3-4-20-6-10/h3-4,6-7H,5H2,1-2H3,(H2,16,17,18,19). The zero-order chi connectivity index (χ0) is 14.8. The van der Waals surface area contributed by atoms with Gasteiger partial charge >= 0.3 is 0 Å². The number of nitrogens with zero attached hydrogens (tertiary/aromatic N) is 2. The molecule has 21 heavy (non-hydrogen) atoms. The van der Waals surface area contributed by atoms with Gasteiger partial charge in [0.1, 0.15) is 5.01 Å². The number of hydrogen-bond donors (Lipinski definition) is 2. The first-order chi connectivity index (χ1) is 10.1. The number of amides is 1. The van der Waals surface area contributed by atoms with Crippen molar-refractivity contribution in [1.29, 1.82) is 0 Å². The van der Waals surface area contributed by atoms with Gasteiger partial charge in [-0.25, -0.2) is 4.98 Å². The van der Waals surface area contributed by atoms with Crippen LogP contribution in [-0.2, 0) is 11.2 Å². The van der Waals surface area contributed by atoms with Gasteiger partial charge < -0.3 is 5.32 Å². The fourth-order valence-corrected chi connectivity index (χ4v) is 3.39. The highest BCUT2D eigenvalue weighted by atomic mass is 32.1. The first-order valence-corrected chi connectivity index (χ1v) is 8.24. The summed E-state index contributed by atoms with van der Waals surface area (Å²) < 4.78 is 0. The Balaban J connectivity index is 1.67. The van der Waals surface area contributed by atoms with E-state index in [9.17, 15) is 4.79 Å². The lowest BCUT2D eigenvalue weighted by Gasteiger charge is -2.01. The van der Waals surface area contributed by atoms with Crippen molar-refractivity contribution in [3.05, 3.63) is 39.2 Å². The van der Waals surface area contributed by atoms with Crippen LogP contribution in [0.1, 0.15) is 17.0 Å². The van der Waals surface area contributed by atoms with E-state index in [0.717, 1.165) is 27.5 Å². The molecule has 2 N–H and O–H groups in total. The third-order valence-corrected chi connectivity index (χ3v) is 4.80. The van der Waals surface area contributed by atoms with Crippen LogP contribution >= 0.6 is 22.7 Å². The average Bonchev–Trinajstić information content (AvgIpc) is 3.16. The molecule has 0 spiro atoms. The minimum absolute atomic E-state index is 0.105. The fraction of sp³-hybridized carbons (Fsp3) is 0.214. The molecule has 5 nitrogen and oxygen atoms in total. The van der Waals surface area contributed by atoms with E-state index in [1.165, 1.54) is 0 Å². The Labute approximate surface area is 130 Å². The van der Waals surface area contributed by atoms with Crippen molar-refractivity contribution in [2.45, 2.75) is 20.3 Å². The van der Waals surface area contributed by atoms with Gasteiger partial charge in [0.25, 0.3) is 0 Å². The number of carbonyl (C=O) groups is 1. The molecular weight excluding hydrogens is 304 g/mol. The first kappa shape index (κ1) is 14.0. The van der Waals surface area contributed by atoms with Crippen LogP contribution in [0.25, 0.3) is 10.6 Å². The highest BCUT2D eigenvalue weighted by Gasteiger charge is 2.12. The summed E-state index contributed by atoms with van der Waals surface area (Å²) in [5.41, 5.74) is 3.80. The molecule has 108 valence electrons. The van der Waals surface area contributed by atoms with E-state index in [1.807, 2.05) is 30.7 Å². The molecule has 0 unspecified atom stereocenters. The molecule has 0 atom stereocenters. The molecule has 0 aromatic carbocycles. The summed E-state index contributed by atoms with van der Waals surface area (Å²) in [6.45, 7) is 3.84. The number of aromatic nitrogens is 3. The van der Waals surface area contributed by atoms with E-state index in [1.54, 1.807) is 22.7 Å². The van der Waals surface area contributed by atoms with Crippen molar-refractivity contribution < 1.29 is 4.79 Å². The van der Waals surface area contributed by atoms with E-state index < -0.39 is 0 Å². The summed E-state index contributed by atoms with van der Waals surface area (Å²) in [7, 11) is 0. The van der Waals surface area contributed by atoms with E-state index in [4.69, 9.17) is 0 Å². The largest absolute Gasteiger partial charge is 0.309 e.